The lowest BCUT2D eigenvalue weighted by Crippen LogP contribution is -2.38. The zero-order valence-corrected chi connectivity index (χ0v) is 8.08. The van der Waals surface area contributed by atoms with Crippen molar-refractivity contribution in [2.45, 2.75) is 31.8 Å². The smallest absolute Gasteiger partial charge is 0.315 e. The molecule has 0 aliphatic heterocycles. The molecule has 2 amide bonds. The minimum atomic E-state index is -0.114. The lowest BCUT2D eigenvalue weighted by atomic mass is 10.3. The van der Waals surface area contributed by atoms with Crippen LogP contribution >= 0.6 is 0 Å². The number of imidazole rings is 1. The van der Waals surface area contributed by atoms with Crippen LogP contribution in [0.5, 0.6) is 0 Å². The summed E-state index contributed by atoms with van der Waals surface area (Å²) in [6, 6.07) is 0.193. The fourth-order valence-corrected chi connectivity index (χ4v) is 1.23. The van der Waals surface area contributed by atoms with Crippen molar-refractivity contribution >= 4 is 6.03 Å². The minimum absolute atomic E-state index is 0.0799. The fourth-order valence-electron chi connectivity index (χ4n) is 1.23. The molecule has 1 fully saturated rings. The van der Waals surface area contributed by atoms with Gasteiger partial charge in [-0.2, -0.15) is 0 Å². The average Bonchev–Trinajstić information content (AvgIpc) is 2.80. The minimum Gasteiger partial charge on any atom is -0.347 e. The molecule has 1 aliphatic carbocycles. The summed E-state index contributed by atoms with van der Waals surface area (Å²) in [5.74, 6) is 0.774. The van der Waals surface area contributed by atoms with Crippen molar-refractivity contribution in [3.63, 3.8) is 0 Å². The lowest BCUT2D eigenvalue weighted by Gasteiger charge is -2.11. The highest BCUT2D eigenvalue weighted by Crippen LogP contribution is 2.18. The summed E-state index contributed by atoms with van der Waals surface area (Å²) in [6.45, 7) is 1.89. The summed E-state index contributed by atoms with van der Waals surface area (Å²) in [5, 5.41) is 5.66. The molecule has 76 valence electrons. The molecular weight excluding hydrogens is 180 g/mol. The van der Waals surface area contributed by atoms with Crippen LogP contribution in [0.2, 0.25) is 0 Å². The topological polar surface area (TPSA) is 69.8 Å². The number of aromatic nitrogens is 2. The Kier molecular flexibility index (Phi) is 2.39. The molecule has 0 bridgehead atoms. The van der Waals surface area contributed by atoms with Crippen LogP contribution in [-0.2, 0) is 0 Å². The predicted molar refractivity (Wildman–Crippen MR) is 51.7 cm³/mol. The van der Waals surface area contributed by atoms with E-state index in [-0.39, 0.29) is 12.1 Å². The Morgan fingerprint density at radius 2 is 2.50 bits per heavy atom. The molecule has 14 heavy (non-hydrogen) atoms. The Labute approximate surface area is 82.3 Å². The van der Waals surface area contributed by atoms with Crippen molar-refractivity contribution in [3.05, 3.63) is 18.2 Å². The van der Waals surface area contributed by atoms with Crippen LogP contribution in [0.25, 0.3) is 0 Å². The van der Waals surface area contributed by atoms with Crippen molar-refractivity contribution < 1.29 is 4.79 Å². The first kappa shape index (κ1) is 9.05. The molecule has 1 aliphatic rings. The quantitative estimate of drug-likeness (QED) is 0.670. The van der Waals surface area contributed by atoms with Crippen LogP contribution < -0.4 is 10.6 Å². The molecule has 5 nitrogen and oxygen atoms in total. The summed E-state index contributed by atoms with van der Waals surface area (Å²) in [4.78, 5) is 18.4. The summed E-state index contributed by atoms with van der Waals surface area (Å²) >= 11 is 0. The molecule has 1 saturated carbocycles. The number of carbonyl (C=O) groups excluding carboxylic acids is 1. The first-order chi connectivity index (χ1) is 6.75. The van der Waals surface area contributed by atoms with E-state index >= 15 is 0 Å². The zero-order chi connectivity index (χ0) is 9.97. The molecule has 1 atom stereocenters. The van der Waals surface area contributed by atoms with Gasteiger partial charge in [-0.1, -0.05) is 0 Å². The predicted octanol–water partition coefficient (Wildman–Crippen LogP) is 0.932. The third-order valence-corrected chi connectivity index (χ3v) is 2.19. The van der Waals surface area contributed by atoms with Gasteiger partial charge in [-0.3, -0.25) is 0 Å². The van der Waals surface area contributed by atoms with Gasteiger partial charge in [-0.25, -0.2) is 9.78 Å². The zero-order valence-electron chi connectivity index (χ0n) is 8.08. The Bertz CT molecular complexity index is 305. The van der Waals surface area contributed by atoms with E-state index in [9.17, 15) is 4.79 Å². The first-order valence-corrected chi connectivity index (χ1v) is 4.82. The highest BCUT2D eigenvalue weighted by molar-refractivity contribution is 5.74. The molecule has 2 rings (SSSR count). The van der Waals surface area contributed by atoms with Crippen molar-refractivity contribution in [3.8, 4) is 0 Å². The van der Waals surface area contributed by atoms with Gasteiger partial charge in [0.15, 0.2) is 0 Å². The van der Waals surface area contributed by atoms with Gasteiger partial charge in [0.05, 0.1) is 6.04 Å². The van der Waals surface area contributed by atoms with E-state index < -0.39 is 0 Å². The highest BCUT2D eigenvalue weighted by Gasteiger charge is 2.23. The molecule has 5 heteroatoms. The van der Waals surface area contributed by atoms with Gasteiger partial charge in [-0.15, -0.1) is 0 Å². The number of rotatable bonds is 3. The molecule has 1 aromatic heterocycles. The van der Waals surface area contributed by atoms with Crippen molar-refractivity contribution in [2.75, 3.05) is 0 Å². The van der Waals surface area contributed by atoms with E-state index in [2.05, 4.69) is 20.6 Å². The van der Waals surface area contributed by atoms with Gasteiger partial charge in [0.25, 0.3) is 0 Å². The van der Waals surface area contributed by atoms with Crippen LogP contribution in [0.15, 0.2) is 12.4 Å². The standard InChI is InChI=1S/C9H14N4O/c1-6(8-10-4-5-11-8)12-9(14)13-7-2-3-7/h4-7H,2-3H2,1H3,(H,10,11)(H2,12,13,14). The normalized spacial score (nSPS) is 17.5. The van der Waals surface area contributed by atoms with E-state index in [1.165, 1.54) is 0 Å². The fraction of sp³-hybridized carbons (Fsp3) is 0.556. The van der Waals surface area contributed by atoms with Crippen LogP contribution in [-0.4, -0.2) is 22.0 Å². The summed E-state index contributed by atoms with van der Waals surface area (Å²) in [5.41, 5.74) is 0. The van der Waals surface area contributed by atoms with Crippen molar-refractivity contribution in [1.82, 2.24) is 20.6 Å². The number of nitrogens with one attached hydrogen (secondary N) is 3. The van der Waals surface area contributed by atoms with Crippen molar-refractivity contribution in [2.24, 2.45) is 0 Å². The van der Waals surface area contributed by atoms with Crippen LogP contribution in [0.1, 0.15) is 31.6 Å². The molecule has 0 saturated heterocycles. The Morgan fingerprint density at radius 3 is 3.07 bits per heavy atom. The number of hydrogen-bond acceptors (Lipinski definition) is 2. The second-order valence-corrected chi connectivity index (χ2v) is 3.59. The van der Waals surface area contributed by atoms with Crippen LogP contribution in [0, 0.1) is 0 Å². The largest absolute Gasteiger partial charge is 0.347 e. The third kappa shape index (κ3) is 2.25. The van der Waals surface area contributed by atoms with Gasteiger partial charge in [0, 0.05) is 18.4 Å². The van der Waals surface area contributed by atoms with Crippen LogP contribution in [0.3, 0.4) is 0 Å². The number of H-pyrrole nitrogens is 1. The number of urea groups is 1. The second kappa shape index (κ2) is 3.69. The van der Waals surface area contributed by atoms with E-state index in [0.717, 1.165) is 18.7 Å². The molecule has 1 aromatic rings. The second-order valence-electron chi connectivity index (χ2n) is 3.59. The van der Waals surface area contributed by atoms with E-state index in [1.807, 2.05) is 6.92 Å². The number of carbonyl (C=O) groups is 1. The summed E-state index contributed by atoms with van der Waals surface area (Å²) in [7, 11) is 0. The molecule has 0 radical (unpaired) electrons. The first-order valence-electron chi connectivity index (χ1n) is 4.82. The van der Waals surface area contributed by atoms with Gasteiger partial charge in [0.2, 0.25) is 0 Å². The molecule has 0 aromatic carbocycles. The van der Waals surface area contributed by atoms with E-state index in [4.69, 9.17) is 0 Å². The Hall–Kier alpha value is -1.52. The molecule has 1 unspecified atom stereocenters. The maximum Gasteiger partial charge on any atom is 0.315 e. The third-order valence-electron chi connectivity index (χ3n) is 2.19. The van der Waals surface area contributed by atoms with Gasteiger partial charge in [0.1, 0.15) is 5.82 Å². The van der Waals surface area contributed by atoms with Gasteiger partial charge < -0.3 is 15.6 Å². The lowest BCUT2D eigenvalue weighted by molar-refractivity contribution is 0.237. The van der Waals surface area contributed by atoms with Crippen molar-refractivity contribution in [1.29, 1.82) is 0 Å². The molecule has 3 N–H and O–H groups in total. The monoisotopic (exact) mass is 194 g/mol. The van der Waals surface area contributed by atoms with E-state index in [0.29, 0.717) is 6.04 Å². The molecule has 0 spiro atoms. The maximum atomic E-state index is 11.3. The molecule has 1 heterocycles. The van der Waals surface area contributed by atoms with Crippen LogP contribution in [0.4, 0.5) is 4.79 Å². The SMILES string of the molecule is CC(NC(=O)NC1CC1)c1ncc[nH]1. The van der Waals surface area contributed by atoms with E-state index in [1.54, 1.807) is 12.4 Å². The maximum absolute atomic E-state index is 11.3. The number of aromatic amines is 1. The Balaban J connectivity index is 1.81. The van der Waals surface area contributed by atoms with Gasteiger partial charge in [-0.05, 0) is 19.8 Å². The molecular formula is C9H14N4O. The highest BCUT2D eigenvalue weighted by atomic mass is 16.2. The number of hydrogen-bond donors (Lipinski definition) is 3. The number of nitrogens with zero attached hydrogens (tertiary/aromatic N) is 1. The van der Waals surface area contributed by atoms with Gasteiger partial charge >= 0.3 is 6.03 Å². The summed E-state index contributed by atoms with van der Waals surface area (Å²) in [6.07, 6.45) is 5.61. The average molecular weight is 194 g/mol. The Morgan fingerprint density at radius 1 is 1.71 bits per heavy atom. The summed E-state index contributed by atoms with van der Waals surface area (Å²) < 4.78 is 0. The number of amides is 2.